The molecule has 0 bridgehead atoms. The molecule has 1 fully saturated rings. The Kier molecular flexibility index (Phi) is 4.54. The van der Waals surface area contributed by atoms with Crippen LogP contribution in [0.3, 0.4) is 0 Å². The van der Waals surface area contributed by atoms with Crippen LogP contribution >= 0.6 is 0 Å². The molecular weight excluding hydrogens is 242 g/mol. The van der Waals surface area contributed by atoms with Crippen LogP contribution in [0.5, 0.6) is 0 Å². The molecule has 0 unspecified atom stereocenters. The first-order valence-electron chi connectivity index (χ1n) is 6.74. The standard InChI is InChI=1S/C13H21N5O/c1-9-8-11(18-13(14-2)16-9)15-7-3-4-12(19)17-10-5-6-10/h8,10H,3-7H2,1-2H3,(H,17,19)(H2,14,15,16,18). The first-order valence-corrected chi connectivity index (χ1v) is 6.74. The summed E-state index contributed by atoms with van der Waals surface area (Å²) in [5.41, 5.74) is 0.910. The average Bonchev–Trinajstić information content (AvgIpc) is 3.18. The number of nitrogens with zero attached hydrogens (tertiary/aromatic N) is 2. The van der Waals surface area contributed by atoms with E-state index in [0.29, 0.717) is 18.4 Å². The van der Waals surface area contributed by atoms with Crippen LogP contribution in [-0.4, -0.2) is 35.5 Å². The molecule has 1 saturated carbocycles. The minimum atomic E-state index is 0.152. The highest BCUT2D eigenvalue weighted by atomic mass is 16.1. The van der Waals surface area contributed by atoms with Crippen LogP contribution in [0.4, 0.5) is 11.8 Å². The highest BCUT2D eigenvalue weighted by molar-refractivity contribution is 5.76. The quantitative estimate of drug-likeness (QED) is 0.646. The van der Waals surface area contributed by atoms with E-state index in [2.05, 4.69) is 25.9 Å². The van der Waals surface area contributed by atoms with E-state index < -0.39 is 0 Å². The van der Waals surface area contributed by atoms with Gasteiger partial charge in [0.25, 0.3) is 0 Å². The molecule has 0 spiro atoms. The zero-order valence-corrected chi connectivity index (χ0v) is 11.5. The average molecular weight is 263 g/mol. The van der Waals surface area contributed by atoms with E-state index in [4.69, 9.17) is 0 Å². The summed E-state index contributed by atoms with van der Waals surface area (Å²) in [5, 5.41) is 9.11. The van der Waals surface area contributed by atoms with Crippen molar-refractivity contribution in [3.63, 3.8) is 0 Å². The molecule has 1 aliphatic rings. The Balaban J connectivity index is 1.69. The summed E-state index contributed by atoms with van der Waals surface area (Å²) in [5.74, 6) is 1.55. The lowest BCUT2D eigenvalue weighted by Crippen LogP contribution is -2.25. The van der Waals surface area contributed by atoms with Crippen LogP contribution in [0.25, 0.3) is 0 Å². The van der Waals surface area contributed by atoms with Crippen LogP contribution in [-0.2, 0) is 4.79 Å². The molecule has 1 aliphatic carbocycles. The number of aromatic nitrogens is 2. The van der Waals surface area contributed by atoms with Gasteiger partial charge in [-0.2, -0.15) is 4.98 Å². The van der Waals surface area contributed by atoms with Crippen LogP contribution in [0, 0.1) is 6.92 Å². The fourth-order valence-electron chi connectivity index (χ4n) is 1.76. The Labute approximate surface area is 113 Å². The van der Waals surface area contributed by atoms with Crippen molar-refractivity contribution in [2.45, 2.75) is 38.6 Å². The van der Waals surface area contributed by atoms with E-state index in [-0.39, 0.29) is 5.91 Å². The van der Waals surface area contributed by atoms with Crippen molar-refractivity contribution in [1.29, 1.82) is 0 Å². The maximum absolute atomic E-state index is 11.5. The molecule has 1 aromatic rings. The van der Waals surface area contributed by atoms with E-state index in [9.17, 15) is 4.79 Å². The number of nitrogens with one attached hydrogen (secondary N) is 3. The molecule has 1 aromatic heterocycles. The second kappa shape index (κ2) is 6.36. The summed E-state index contributed by atoms with van der Waals surface area (Å²) in [6.45, 7) is 2.66. The van der Waals surface area contributed by atoms with E-state index in [1.807, 2.05) is 13.0 Å². The predicted octanol–water partition coefficient (Wildman–Crippen LogP) is 1.30. The number of amides is 1. The Morgan fingerprint density at radius 1 is 1.42 bits per heavy atom. The molecule has 0 atom stereocenters. The molecule has 3 N–H and O–H groups in total. The Morgan fingerprint density at radius 2 is 2.21 bits per heavy atom. The van der Waals surface area contributed by atoms with Gasteiger partial charge < -0.3 is 16.0 Å². The number of carbonyl (C=O) groups is 1. The lowest BCUT2D eigenvalue weighted by molar-refractivity contribution is -0.121. The number of rotatable bonds is 7. The van der Waals surface area contributed by atoms with E-state index in [1.54, 1.807) is 7.05 Å². The minimum absolute atomic E-state index is 0.152. The zero-order valence-electron chi connectivity index (χ0n) is 11.5. The summed E-state index contributed by atoms with van der Waals surface area (Å²) >= 11 is 0. The normalized spacial score (nSPS) is 14.0. The van der Waals surface area contributed by atoms with E-state index in [1.165, 1.54) is 0 Å². The fourth-order valence-corrected chi connectivity index (χ4v) is 1.76. The van der Waals surface area contributed by atoms with Gasteiger partial charge in [0.1, 0.15) is 5.82 Å². The second-order valence-corrected chi connectivity index (χ2v) is 4.84. The molecule has 19 heavy (non-hydrogen) atoms. The smallest absolute Gasteiger partial charge is 0.224 e. The van der Waals surface area contributed by atoms with Gasteiger partial charge in [0, 0.05) is 37.8 Å². The van der Waals surface area contributed by atoms with Crippen LogP contribution in [0.1, 0.15) is 31.4 Å². The molecular formula is C13H21N5O. The van der Waals surface area contributed by atoms with Gasteiger partial charge >= 0.3 is 0 Å². The van der Waals surface area contributed by atoms with Crippen LogP contribution in [0.15, 0.2) is 6.07 Å². The van der Waals surface area contributed by atoms with E-state index >= 15 is 0 Å². The third-order valence-corrected chi connectivity index (χ3v) is 2.91. The van der Waals surface area contributed by atoms with Crippen LogP contribution < -0.4 is 16.0 Å². The molecule has 6 nitrogen and oxygen atoms in total. The third-order valence-electron chi connectivity index (χ3n) is 2.91. The fraction of sp³-hybridized carbons (Fsp3) is 0.615. The summed E-state index contributed by atoms with van der Waals surface area (Å²) < 4.78 is 0. The molecule has 1 heterocycles. The minimum Gasteiger partial charge on any atom is -0.370 e. The summed E-state index contributed by atoms with van der Waals surface area (Å²) in [7, 11) is 1.79. The molecule has 0 saturated heterocycles. The molecule has 0 aromatic carbocycles. The Morgan fingerprint density at radius 3 is 2.89 bits per heavy atom. The lowest BCUT2D eigenvalue weighted by Gasteiger charge is -2.08. The summed E-state index contributed by atoms with van der Waals surface area (Å²) in [4.78, 5) is 20.0. The highest BCUT2D eigenvalue weighted by Crippen LogP contribution is 2.18. The van der Waals surface area contributed by atoms with Crippen molar-refractivity contribution >= 4 is 17.7 Å². The number of aryl methyl sites for hydroxylation is 1. The lowest BCUT2D eigenvalue weighted by atomic mass is 10.3. The van der Waals surface area contributed by atoms with Crippen molar-refractivity contribution in [2.24, 2.45) is 0 Å². The van der Waals surface area contributed by atoms with Crippen molar-refractivity contribution in [2.75, 3.05) is 24.2 Å². The number of hydrogen-bond donors (Lipinski definition) is 3. The topological polar surface area (TPSA) is 78.9 Å². The van der Waals surface area contributed by atoms with Crippen molar-refractivity contribution < 1.29 is 4.79 Å². The van der Waals surface area contributed by atoms with Gasteiger partial charge in [0.15, 0.2) is 0 Å². The van der Waals surface area contributed by atoms with Gasteiger partial charge in [0.2, 0.25) is 11.9 Å². The number of anilines is 2. The Bertz CT molecular complexity index is 445. The second-order valence-electron chi connectivity index (χ2n) is 4.84. The predicted molar refractivity (Wildman–Crippen MR) is 75.2 cm³/mol. The highest BCUT2D eigenvalue weighted by Gasteiger charge is 2.22. The Hall–Kier alpha value is -1.85. The van der Waals surface area contributed by atoms with Crippen molar-refractivity contribution in [1.82, 2.24) is 15.3 Å². The van der Waals surface area contributed by atoms with Crippen molar-refractivity contribution in [3.05, 3.63) is 11.8 Å². The zero-order chi connectivity index (χ0) is 13.7. The molecule has 6 heteroatoms. The molecule has 0 radical (unpaired) electrons. The first-order chi connectivity index (χ1) is 9.17. The van der Waals surface area contributed by atoms with Gasteiger partial charge in [-0.1, -0.05) is 0 Å². The first kappa shape index (κ1) is 13.6. The molecule has 0 aliphatic heterocycles. The third kappa shape index (κ3) is 4.73. The van der Waals surface area contributed by atoms with E-state index in [0.717, 1.165) is 37.3 Å². The largest absolute Gasteiger partial charge is 0.370 e. The molecule has 2 rings (SSSR count). The summed E-state index contributed by atoms with van der Waals surface area (Å²) in [6.07, 6.45) is 3.64. The number of hydrogen-bond acceptors (Lipinski definition) is 5. The van der Waals surface area contributed by atoms with Gasteiger partial charge in [0.05, 0.1) is 0 Å². The van der Waals surface area contributed by atoms with Crippen LogP contribution in [0.2, 0.25) is 0 Å². The van der Waals surface area contributed by atoms with Gasteiger partial charge in [-0.15, -0.1) is 0 Å². The molecule has 1 amide bonds. The molecule has 104 valence electrons. The summed E-state index contributed by atoms with van der Waals surface area (Å²) in [6, 6.07) is 2.34. The van der Waals surface area contributed by atoms with Gasteiger partial charge in [-0.05, 0) is 26.2 Å². The monoisotopic (exact) mass is 263 g/mol. The maximum atomic E-state index is 11.5. The maximum Gasteiger partial charge on any atom is 0.224 e. The van der Waals surface area contributed by atoms with Gasteiger partial charge in [-0.25, -0.2) is 4.98 Å². The SMILES string of the molecule is CNc1nc(C)cc(NCCCC(=O)NC2CC2)n1. The van der Waals surface area contributed by atoms with Crippen molar-refractivity contribution in [3.8, 4) is 0 Å². The number of carbonyl (C=O) groups excluding carboxylic acids is 1. The van der Waals surface area contributed by atoms with Gasteiger partial charge in [-0.3, -0.25) is 4.79 Å².